The summed E-state index contributed by atoms with van der Waals surface area (Å²) in [5.41, 5.74) is 12.4. The minimum atomic E-state index is -3.84. The Morgan fingerprint density at radius 1 is 1.14 bits per heavy atom. The lowest BCUT2D eigenvalue weighted by Gasteiger charge is -2.27. The van der Waals surface area contributed by atoms with Gasteiger partial charge in [0, 0.05) is 19.5 Å². The van der Waals surface area contributed by atoms with E-state index >= 15 is 0 Å². The molecule has 1 aliphatic rings. The van der Waals surface area contributed by atoms with Gasteiger partial charge in [0.1, 0.15) is 28.3 Å². The summed E-state index contributed by atoms with van der Waals surface area (Å²) < 4.78 is 42.3. The average Bonchev–Trinajstić information content (AvgIpc) is 3.31. The van der Waals surface area contributed by atoms with E-state index in [4.69, 9.17) is 15.2 Å². The predicted octanol–water partition coefficient (Wildman–Crippen LogP) is 3.97. The fraction of sp³-hybridized carbons (Fsp3) is 0.387. The van der Waals surface area contributed by atoms with Gasteiger partial charge in [-0.2, -0.15) is 4.31 Å². The zero-order chi connectivity index (χ0) is 30.2. The molecule has 0 saturated carbocycles. The molecule has 0 amide bonds. The van der Waals surface area contributed by atoms with Crippen molar-refractivity contribution in [3.63, 3.8) is 0 Å². The zero-order valence-electron chi connectivity index (χ0n) is 24.6. The van der Waals surface area contributed by atoms with E-state index in [9.17, 15) is 13.2 Å². The molecule has 2 N–H and O–H groups in total. The van der Waals surface area contributed by atoms with Crippen molar-refractivity contribution in [3.05, 3.63) is 82.4 Å². The first-order chi connectivity index (χ1) is 20.1. The third-order valence-corrected chi connectivity index (χ3v) is 9.89. The Kier molecular flexibility index (Phi) is 8.36. The van der Waals surface area contributed by atoms with Crippen LogP contribution in [0.25, 0.3) is 11.0 Å². The fourth-order valence-electron chi connectivity index (χ4n) is 5.59. The van der Waals surface area contributed by atoms with E-state index in [1.54, 1.807) is 35.9 Å². The Morgan fingerprint density at radius 2 is 1.90 bits per heavy atom. The Hall–Kier alpha value is -3.80. The highest BCUT2D eigenvalue weighted by Crippen LogP contribution is 2.36. The van der Waals surface area contributed by atoms with Gasteiger partial charge in [-0.1, -0.05) is 48.5 Å². The maximum Gasteiger partial charge on any atom is 0.323 e. The second-order valence-corrected chi connectivity index (χ2v) is 12.6. The number of hydrogen-bond donors (Lipinski definition) is 1. The summed E-state index contributed by atoms with van der Waals surface area (Å²) in [6.45, 7) is 8.17. The minimum absolute atomic E-state index is 0.139. The van der Waals surface area contributed by atoms with Gasteiger partial charge in [0.2, 0.25) is 10.0 Å². The number of rotatable bonds is 8. The Bertz CT molecular complexity index is 1740. The number of fused-ring (bicyclic) bond motifs is 2. The molecule has 3 atom stereocenters. The van der Waals surface area contributed by atoms with Crippen molar-refractivity contribution in [1.29, 1.82) is 0 Å². The molecule has 2 heterocycles. The van der Waals surface area contributed by atoms with Crippen LogP contribution in [0.15, 0.2) is 59.5 Å². The van der Waals surface area contributed by atoms with E-state index < -0.39 is 28.0 Å². The molecular weight excluding hydrogens is 554 g/mol. The van der Waals surface area contributed by atoms with Crippen molar-refractivity contribution < 1.29 is 22.7 Å². The lowest BCUT2D eigenvalue weighted by Crippen LogP contribution is -2.39. The smallest absolute Gasteiger partial charge is 0.323 e. The molecule has 42 heavy (non-hydrogen) atoms. The molecular formula is C31H37N5O5S. The van der Waals surface area contributed by atoms with E-state index in [2.05, 4.69) is 10.3 Å². The van der Waals surface area contributed by atoms with Crippen molar-refractivity contribution in [2.75, 3.05) is 13.2 Å². The summed E-state index contributed by atoms with van der Waals surface area (Å²) in [5, 5.41) is 8.48. The van der Waals surface area contributed by atoms with Crippen LogP contribution in [0.4, 0.5) is 0 Å². The number of carbonyl (C=O) groups is 1. The number of nitrogens with zero attached hydrogens (tertiary/aromatic N) is 4. The molecule has 0 radical (unpaired) electrons. The first-order valence-electron chi connectivity index (χ1n) is 14.1. The summed E-state index contributed by atoms with van der Waals surface area (Å²) >= 11 is 0. The van der Waals surface area contributed by atoms with Gasteiger partial charge < -0.3 is 15.2 Å². The van der Waals surface area contributed by atoms with E-state index in [0.29, 0.717) is 12.2 Å². The normalized spacial score (nSPS) is 18.1. The van der Waals surface area contributed by atoms with Crippen molar-refractivity contribution >= 4 is 27.0 Å². The molecule has 5 rings (SSSR count). The molecule has 4 aromatic rings. The second-order valence-electron chi connectivity index (χ2n) is 10.7. The topological polar surface area (TPSA) is 130 Å². The number of benzene rings is 3. The number of para-hydroxylation sites is 1. The maximum atomic E-state index is 13.8. The van der Waals surface area contributed by atoms with Crippen molar-refractivity contribution in [2.45, 2.75) is 63.6 Å². The standard InChI is InChI=1S/C31H37N5O5S/c1-6-23-18-36(42(38,39)27-11-9-8-10-26(27)41-23)17-22-16-21(13-12-19(22)3)28(29(32)31(37)40-7-2)24-14-15-25-30(20(24)4)33-34-35(25)5/h8-16,23,28-29H,6-7,17-18,32H2,1-5H3. The van der Waals surface area contributed by atoms with Crippen molar-refractivity contribution in [1.82, 2.24) is 19.3 Å². The number of nitrogens with two attached hydrogens (primary N) is 1. The summed E-state index contributed by atoms with van der Waals surface area (Å²) in [7, 11) is -2.01. The average molecular weight is 592 g/mol. The third-order valence-electron chi connectivity index (χ3n) is 8.03. The van der Waals surface area contributed by atoms with E-state index in [0.717, 1.165) is 38.9 Å². The van der Waals surface area contributed by atoms with Crippen LogP contribution in [0.3, 0.4) is 0 Å². The monoisotopic (exact) mass is 591 g/mol. The van der Waals surface area contributed by atoms with Gasteiger partial charge in [0.25, 0.3) is 0 Å². The highest BCUT2D eigenvalue weighted by molar-refractivity contribution is 7.89. The van der Waals surface area contributed by atoms with Crippen LogP contribution in [-0.2, 0) is 33.1 Å². The summed E-state index contributed by atoms with van der Waals surface area (Å²) in [6.07, 6.45) is 0.359. The van der Waals surface area contributed by atoms with Gasteiger partial charge in [-0.25, -0.2) is 13.1 Å². The molecule has 11 heteroatoms. The Morgan fingerprint density at radius 3 is 2.64 bits per heavy atom. The number of esters is 1. The van der Waals surface area contributed by atoms with Gasteiger partial charge in [-0.15, -0.1) is 5.10 Å². The quantitative estimate of drug-likeness (QED) is 0.305. The van der Waals surface area contributed by atoms with Crippen LogP contribution in [0.1, 0.15) is 54.0 Å². The fourth-order valence-corrected chi connectivity index (χ4v) is 7.16. The van der Waals surface area contributed by atoms with Crippen molar-refractivity contribution in [3.8, 4) is 5.75 Å². The molecule has 1 aromatic heterocycles. The molecule has 3 unspecified atom stereocenters. The van der Waals surface area contributed by atoms with Crippen LogP contribution in [0.5, 0.6) is 5.75 Å². The van der Waals surface area contributed by atoms with Gasteiger partial charge in [-0.05, 0) is 73.2 Å². The zero-order valence-corrected chi connectivity index (χ0v) is 25.4. The highest BCUT2D eigenvalue weighted by atomic mass is 32.2. The number of aryl methyl sites for hydroxylation is 3. The highest BCUT2D eigenvalue weighted by Gasteiger charge is 2.35. The molecule has 0 spiro atoms. The van der Waals surface area contributed by atoms with Crippen LogP contribution in [-0.4, -0.2) is 59.0 Å². The largest absolute Gasteiger partial charge is 0.488 e. The molecule has 0 saturated heterocycles. The van der Waals surface area contributed by atoms with Crippen LogP contribution >= 0.6 is 0 Å². The molecule has 3 aromatic carbocycles. The van der Waals surface area contributed by atoms with Gasteiger partial charge >= 0.3 is 5.97 Å². The van der Waals surface area contributed by atoms with E-state index in [1.807, 2.05) is 58.2 Å². The van der Waals surface area contributed by atoms with Gasteiger partial charge in [-0.3, -0.25) is 4.79 Å². The molecule has 10 nitrogen and oxygen atoms in total. The van der Waals surface area contributed by atoms with Crippen molar-refractivity contribution in [2.24, 2.45) is 12.8 Å². The molecule has 0 bridgehead atoms. The number of carbonyl (C=O) groups excluding carboxylic acids is 1. The first kappa shape index (κ1) is 29.7. The van der Waals surface area contributed by atoms with Gasteiger partial charge in [0.05, 0.1) is 18.7 Å². The number of ether oxygens (including phenoxy) is 2. The summed E-state index contributed by atoms with van der Waals surface area (Å²) in [6, 6.07) is 15.5. The lowest BCUT2D eigenvalue weighted by molar-refractivity contribution is -0.145. The van der Waals surface area contributed by atoms with E-state index in [1.165, 1.54) is 4.31 Å². The van der Waals surface area contributed by atoms with Crippen LogP contribution < -0.4 is 10.5 Å². The van der Waals surface area contributed by atoms with Crippen LogP contribution in [0.2, 0.25) is 0 Å². The molecule has 0 fully saturated rings. The Balaban J connectivity index is 1.59. The van der Waals surface area contributed by atoms with Gasteiger partial charge in [0.15, 0.2) is 0 Å². The second kappa shape index (κ2) is 11.8. The molecule has 0 aliphatic carbocycles. The lowest BCUT2D eigenvalue weighted by atomic mass is 9.82. The number of aromatic nitrogens is 3. The minimum Gasteiger partial charge on any atom is -0.488 e. The maximum absolute atomic E-state index is 13.8. The molecule has 1 aliphatic heterocycles. The molecule has 222 valence electrons. The summed E-state index contributed by atoms with van der Waals surface area (Å²) in [5.74, 6) is -0.714. The number of hydrogen-bond acceptors (Lipinski definition) is 8. The first-order valence-corrected chi connectivity index (χ1v) is 15.6. The third kappa shape index (κ3) is 5.39. The Labute approximate surface area is 246 Å². The SMILES string of the molecule is CCOC(=O)C(N)C(c1ccc(C)c(CN2CC(CC)Oc3ccccc3S2(=O)=O)c1)c1ccc2c(nnn2C)c1C. The van der Waals surface area contributed by atoms with Crippen LogP contribution in [0, 0.1) is 13.8 Å². The van der Waals surface area contributed by atoms with E-state index in [-0.39, 0.29) is 30.7 Å². The predicted molar refractivity (Wildman–Crippen MR) is 160 cm³/mol. The number of sulfonamides is 1. The summed E-state index contributed by atoms with van der Waals surface area (Å²) in [4.78, 5) is 13.2.